The van der Waals surface area contributed by atoms with E-state index in [4.69, 9.17) is 9.47 Å². The second kappa shape index (κ2) is 7.43. The monoisotopic (exact) mass is 412 g/mol. The minimum atomic E-state index is -4.77. The Balaban J connectivity index is 1.81. The Hall–Kier alpha value is -3.01. The van der Waals surface area contributed by atoms with Crippen LogP contribution in [0.25, 0.3) is 11.3 Å². The fraction of sp³-hybridized carbons (Fsp3) is 0.368. The first kappa shape index (κ1) is 20.7. The number of aromatic nitrogens is 1. The van der Waals surface area contributed by atoms with Crippen molar-refractivity contribution in [3.05, 3.63) is 36.4 Å². The van der Waals surface area contributed by atoms with Gasteiger partial charge in [-0.25, -0.2) is 4.98 Å². The van der Waals surface area contributed by atoms with Crippen LogP contribution >= 0.6 is 0 Å². The van der Waals surface area contributed by atoms with Gasteiger partial charge in [0.1, 0.15) is 17.9 Å². The summed E-state index contributed by atoms with van der Waals surface area (Å²) in [5.74, 6) is -0.445. The molecule has 0 bridgehead atoms. The Morgan fingerprint density at radius 1 is 1.17 bits per heavy atom. The van der Waals surface area contributed by atoms with E-state index in [1.54, 1.807) is 32.9 Å². The molecule has 0 fully saturated rings. The van der Waals surface area contributed by atoms with E-state index in [0.717, 1.165) is 0 Å². The molecule has 0 saturated heterocycles. The summed E-state index contributed by atoms with van der Waals surface area (Å²) in [6.45, 7) is 4.87. The third-order valence-corrected chi connectivity index (χ3v) is 3.71. The van der Waals surface area contributed by atoms with E-state index in [2.05, 4.69) is 9.72 Å². The fourth-order valence-corrected chi connectivity index (χ4v) is 2.67. The summed E-state index contributed by atoms with van der Waals surface area (Å²) in [7, 11) is 0. The molecule has 10 heteroatoms. The van der Waals surface area contributed by atoms with Crippen LogP contribution in [-0.4, -0.2) is 41.0 Å². The van der Waals surface area contributed by atoms with Gasteiger partial charge < -0.3 is 19.3 Å². The van der Waals surface area contributed by atoms with Crippen molar-refractivity contribution in [2.45, 2.75) is 39.1 Å². The van der Waals surface area contributed by atoms with Gasteiger partial charge in [0.2, 0.25) is 0 Å². The molecule has 2 heterocycles. The van der Waals surface area contributed by atoms with Crippen LogP contribution in [0.4, 0.5) is 19.0 Å². The Bertz CT molecular complexity index is 894. The highest BCUT2D eigenvalue weighted by atomic mass is 19.4. The molecule has 0 spiro atoms. The quantitative estimate of drug-likeness (QED) is 0.771. The van der Waals surface area contributed by atoms with Crippen molar-refractivity contribution in [2.75, 3.05) is 11.4 Å². The third-order valence-electron chi connectivity index (χ3n) is 3.71. The van der Waals surface area contributed by atoms with Gasteiger partial charge in [-0.05, 0) is 57.2 Å². The lowest BCUT2D eigenvalue weighted by Gasteiger charge is -2.23. The summed E-state index contributed by atoms with van der Waals surface area (Å²) in [4.78, 5) is 17.7. The molecule has 1 N–H and O–H groups in total. The Morgan fingerprint density at radius 2 is 1.83 bits per heavy atom. The number of hydrogen-bond donors (Lipinski definition) is 1. The molecule has 0 aliphatic carbocycles. The molecule has 1 aliphatic rings. The van der Waals surface area contributed by atoms with Gasteiger partial charge in [-0.1, -0.05) is 0 Å². The van der Waals surface area contributed by atoms with Crippen LogP contribution in [0.5, 0.6) is 11.5 Å². The number of fused-ring (bicyclic) bond motifs is 1. The predicted octanol–water partition coefficient (Wildman–Crippen LogP) is 3.46. The van der Waals surface area contributed by atoms with Gasteiger partial charge in [-0.3, -0.25) is 9.69 Å². The standard InChI is InChI=1S/C19H19F3N2O5/c1-18(2,3)29-15(25)10-24-16-14(27-17(24)26)9-8-13(23-16)11-4-6-12(7-5-11)28-19(20,21)22/h4-9,17,26H,10H2,1-3H3. The molecule has 29 heavy (non-hydrogen) atoms. The average molecular weight is 412 g/mol. The van der Waals surface area contributed by atoms with Crippen LogP contribution < -0.4 is 14.4 Å². The summed E-state index contributed by atoms with van der Waals surface area (Å²) in [5, 5.41) is 10.1. The highest BCUT2D eigenvalue weighted by Crippen LogP contribution is 2.37. The number of carbonyl (C=O) groups excluding carboxylic acids is 1. The Labute approximate surface area is 164 Å². The van der Waals surface area contributed by atoms with Crippen LogP contribution in [0.1, 0.15) is 20.8 Å². The van der Waals surface area contributed by atoms with E-state index in [1.807, 2.05) is 0 Å². The zero-order valence-electron chi connectivity index (χ0n) is 15.9. The summed E-state index contributed by atoms with van der Waals surface area (Å²) >= 11 is 0. The summed E-state index contributed by atoms with van der Waals surface area (Å²) < 4.78 is 51.2. The van der Waals surface area contributed by atoms with Crippen molar-refractivity contribution in [1.82, 2.24) is 4.98 Å². The number of pyridine rings is 1. The molecule has 1 atom stereocenters. The first-order chi connectivity index (χ1) is 13.4. The highest BCUT2D eigenvalue weighted by molar-refractivity contribution is 5.78. The molecule has 2 aromatic rings. The smallest absolute Gasteiger partial charge is 0.459 e. The van der Waals surface area contributed by atoms with Crippen molar-refractivity contribution >= 4 is 11.8 Å². The van der Waals surface area contributed by atoms with Gasteiger partial charge in [0, 0.05) is 5.56 Å². The number of alkyl halides is 3. The largest absolute Gasteiger partial charge is 0.573 e. The normalized spacial score (nSPS) is 16.2. The molecule has 1 aromatic carbocycles. The van der Waals surface area contributed by atoms with Gasteiger partial charge in [-0.15, -0.1) is 13.2 Å². The van der Waals surface area contributed by atoms with E-state index in [-0.39, 0.29) is 23.9 Å². The number of aliphatic hydroxyl groups is 1. The minimum Gasteiger partial charge on any atom is -0.459 e. The number of rotatable bonds is 4. The lowest BCUT2D eigenvalue weighted by molar-refractivity contribution is -0.274. The molecule has 1 aromatic heterocycles. The molecule has 1 aliphatic heterocycles. The van der Waals surface area contributed by atoms with Crippen molar-refractivity contribution in [1.29, 1.82) is 0 Å². The van der Waals surface area contributed by atoms with Crippen LogP contribution in [-0.2, 0) is 9.53 Å². The van der Waals surface area contributed by atoms with Crippen LogP contribution in [0, 0.1) is 0 Å². The summed E-state index contributed by atoms with van der Waals surface area (Å²) in [5.41, 5.74) is 0.233. The van der Waals surface area contributed by atoms with E-state index >= 15 is 0 Å². The summed E-state index contributed by atoms with van der Waals surface area (Å²) in [6, 6.07) is 8.31. The topological polar surface area (TPSA) is 81.1 Å². The molecule has 1 unspecified atom stereocenters. The predicted molar refractivity (Wildman–Crippen MR) is 96.2 cm³/mol. The minimum absolute atomic E-state index is 0.219. The number of hydrogen-bond acceptors (Lipinski definition) is 7. The zero-order valence-corrected chi connectivity index (χ0v) is 15.9. The SMILES string of the molecule is CC(C)(C)OC(=O)CN1c2nc(-c3ccc(OC(F)(F)F)cc3)ccc2OC1O. The second-order valence-corrected chi connectivity index (χ2v) is 7.25. The van der Waals surface area contributed by atoms with Gasteiger partial charge in [0.25, 0.3) is 6.41 Å². The molecular weight excluding hydrogens is 393 g/mol. The first-order valence-corrected chi connectivity index (χ1v) is 8.62. The second-order valence-electron chi connectivity index (χ2n) is 7.25. The van der Waals surface area contributed by atoms with Gasteiger partial charge in [-0.2, -0.15) is 0 Å². The van der Waals surface area contributed by atoms with Crippen molar-refractivity contribution < 1.29 is 37.3 Å². The number of halogens is 3. The number of esters is 1. The first-order valence-electron chi connectivity index (χ1n) is 8.62. The van der Waals surface area contributed by atoms with Crippen molar-refractivity contribution in [3.8, 4) is 22.8 Å². The van der Waals surface area contributed by atoms with Gasteiger partial charge in [0.15, 0.2) is 11.6 Å². The number of carbonyl (C=O) groups is 1. The lowest BCUT2D eigenvalue weighted by Crippen LogP contribution is -2.41. The average Bonchev–Trinajstić information content (AvgIpc) is 2.87. The number of nitrogens with zero attached hydrogens (tertiary/aromatic N) is 2. The molecule has 0 saturated carbocycles. The molecular formula is C19H19F3N2O5. The maximum absolute atomic E-state index is 12.3. The number of anilines is 1. The van der Waals surface area contributed by atoms with E-state index in [0.29, 0.717) is 11.3 Å². The molecule has 156 valence electrons. The van der Waals surface area contributed by atoms with Crippen LogP contribution in [0.3, 0.4) is 0 Å². The van der Waals surface area contributed by atoms with E-state index in [9.17, 15) is 23.1 Å². The van der Waals surface area contributed by atoms with Crippen LogP contribution in [0.2, 0.25) is 0 Å². The van der Waals surface area contributed by atoms with Crippen molar-refractivity contribution in [2.24, 2.45) is 0 Å². The van der Waals surface area contributed by atoms with Gasteiger partial charge >= 0.3 is 12.3 Å². The number of benzene rings is 1. The summed E-state index contributed by atoms with van der Waals surface area (Å²) in [6.07, 6.45) is -6.19. The lowest BCUT2D eigenvalue weighted by atomic mass is 10.1. The molecule has 3 rings (SSSR count). The Kier molecular flexibility index (Phi) is 5.31. The van der Waals surface area contributed by atoms with E-state index in [1.165, 1.54) is 29.2 Å². The number of ether oxygens (including phenoxy) is 3. The molecule has 0 amide bonds. The highest BCUT2D eigenvalue weighted by Gasteiger charge is 2.34. The maximum Gasteiger partial charge on any atom is 0.573 e. The zero-order chi connectivity index (χ0) is 21.4. The van der Waals surface area contributed by atoms with Gasteiger partial charge in [0.05, 0.1) is 5.69 Å². The molecule has 7 nitrogen and oxygen atoms in total. The molecule has 0 radical (unpaired) electrons. The van der Waals surface area contributed by atoms with Crippen LogP contribution in [0.15, 0.2) is 36.4 Å². The fourth-order valence-electron chi connectivity index (χ4n) is 2.67. The van der Waals surface area contributed by atoms with E-state index < -0.39 is 24.3 Å². The van der Waals surface area contributed by atoms with Crippen molar-refractivity contribution in [3.63, 3.8) is 0 Å². The number of aliphatic hydroxyl groups excluding tert-OH is 1. The Morgan fingerprint density at radius 3 is 2.41 bits per heavy atom. The third kappa shape index (κ3) is 5.29. The maximum atomic E-state index is 12.3.